The second-order valence-electron chi connectivity index (χ2n) is 3.87. The van der Waals surface area contributed by atoms with E-state index in [1.165, 1.54) is 0 Å². The third kappa shape index (κ3) is 3.39. The number of amides is 1. The molecule has 104 valence electrons. The lowest BCUT2D eigenvalue weighted by molar-refractivity contribution is 0.102. The summed E-state index contributed by atoms with van der Waals surface area (Å²) in [7, 11) is 1.75. The second kappa shape index (κ2) is 6.69. The third-order valence-corrected chi connectivity index (χ3v) is 4.29. The number of aromatic nitrogens is 1. The molecule has 1 aromatic heterocycles. The Balaban J connectivity index is 2.33. The largest absolute Gasteiger partial charge is 0.386 e. The minimum atomic E-state index is -0.208. The maximum absolute atomic E-state index is 12.4. The molecule has 4 nitrogen and oxygen atoms in total. The van der Waals surface area contributed by atoms with Gasteiger partial charge in [0.2, 0.25) is 0 Å². The number of rotatable bonds is 3. The maximum atomic E-state index is 12.4. The Morgan fingerprint density at radius 1 is 1.20 bits per heavy atom. The summed E-state index contributed by atoms with van der Waals surface area (Å²) < 4.78 is 2.48. The molecular formula is C13H10Br3N3O. The topological polar surface area (TPSA) is 54.0 Å². The summed E-state index contributed by atoms with van der Waals surface area (Å²) in [6.07, 6.45) is 3.20. The van der Waals surface area contributed by atoms with Crippen molar-refractivity contribution in [3.63, 3.8) is 0 Å². The molecule has 0 fully saturated rings. The Morgan fingerprint density at radius 2 is 1.85 bits per heavy atom. The van der Waals surface area contributed by atoms with Crippen molar-refractivity contribution in [2.75, 3.05) is 17.7 Å². The van der Waals surface area contributed by atoms with Crippen molar-refractivity contribution in [3.8, 4) is 0 Å². The first-order valence-electron chi connectivity index (χ1n) is 5.60. The fourth-order valence-corrected chi connectivity index (χ4v) is 4.09. The SMILES string of the molecule is CNc1cnccc1C(=O)Nc1c(Br)cc(Br)cc1Br. The molecule has 0 bridgehead atoms. The van der Waals surface area contributed by atoms with Crippen LogP contribution < -0.4 is 10.6 Å². The molecule has 0 atom stereocenters. The van der Waals surface area contributed by atoms with Crippen molar-refractivity contribution < 1.29 is 4.79 Å². The highest BCUT2D eigenvalue weighted by molar-refractivity contribution is 9.11. The van der Waals surface area contributed by atoms with E-state index in [0.29, 0.717) is 16.9 Å². The monoisotopic (exact) mass is 461 g/mol. The standard InChI is InChI=1S/C13H10Br3N3O/c1-17-11-6-18-3-2-8(11)13(20)19-12-9(15)4-7(14)5-10(12)16/h2-6,17H,1H3,(H,19,20). The molecule has 1 amide bonds. The van der Waals surface area contributed by atoms with Gasteiger partial charge in [-0.2, -0.15) is 0 Å². The lowest BCUT2D eigenvalue weighted by Crippen LogP contribution is -2.15. The number of carbonyl (C=O) groups is 1. The van der Waals surface area contributed by atoms with Crippen molar-refractivity contribution >= 4 is 65.1 Å². The highest BCUT2D eigenvalue weighted by Crippen LogP contribution is 2.34. The van der Waals surface area contributed by atoms with Crippen LogP contribution in [-0.2, 0) is 0 Å². The molecule has 0 aliphatic rings. The molecule has 20 heavy (non-hydrogen) atoms. The Morgan fingerprint density at radius 3 is 2.45 bits per heavy atom. The highest BCUT2D eigenvalue weighted by Gasteiger charge is 2.14. The molecule has 2 aromatic rings. The fourth-order valence-electron chi connectivity index (χ4n) is 1.63. The summed E-state index contributed by atoms with van der Waals surface area (Å²) >= 11 is 10.3. The van der Waals surface area contributed by atoms with Crippen molar-refractivity contribution in [1.82, 2.24) is 4.98 Å². The summed E-state index contributed by atoms with van der Waals surface area (Å²) in [5.41, 5.74) is 1.88. The summed E-state index contributed by atoms with van der Waals surface area (Å²) in [6, 6.07) is 5.40. The van der Waals surface area contributed by atoms with Gasteiger partial charge in [0, 0.05) is 26.7 Å². The first-order chi connectivity index (χ1) is 9.52. The lowest BCUT2D eigenvalue weighted by Gasteiger charge is -2.12. The van der Waals surface area contributed by atoms with Crippen LogP contribution in [0.2, 0.25) is 0 Å². The van der Waals surface area contributed by atoms with Crippen molar-refractivity contribution in [2.45, 2.75) is 0 Å². The smallest absolute Gasteiger partial charge is 0.257 e. The predicted octanol–water partition coefficient (Wildman–Crippen LogP) is 4.66. The Labute approximate surface area is 141 Å². The van der Waals surface area contributed by atoms with Crippen molar-refractivity contribution in [1.29, 1.82) is 0 Å². The number of hydrogen-bond acceptors (Lipinski definition) is 3. The van der Waals surface area contributed by atoms with Gasteiger partial charge in [-0.3, -0.25) is 9.78 Å². The zero-order valence-corrected chi connectivity index (χ0v) is 15.1. The van der Waals surface area contributed by atoms with Gasteiger partial charge in [-0.15, -0.1) is 0 Å². The van der Waals surface area contributed by atoms with E-state index < -0.39 is 0 Å². The van der Waals surface area contributed by atoms with Gasteiger partial charge in [0.05, 0.1) is 23.1 Å². The van der Waals surface area contributed by atoms with Crippen LogP contribution >= 0.6 is 47.8 Å². The van der Waals surface area contributed by atoms with Gasteiger partial charge in [-0.25, -0.2) is 0 Å². The van der Waals surface area contributed by atoms with Gasteiger partial charge in [0.25, 0.3) is 5.91 Å². The van der Waals surface area contributed by atoms with E-state index in [9.17, 15) is 4.79 Å². The number of nitrogens with zero attached hydrogens (tertiary/aromatic N) is 1. The zero-order chi connectivity index (χ0) is 14.7. The van der Waals surface area contributed by atoms with Crippen LogP contribution in [0, 0.1) is 0 Å². The number of carbonyl (C=O) groups excluding carboxylic acids is 1. The molecule has 7 heteroatoms. The molecule has 0 saturated carbocycles. The Hall–Kier alpha value is -0.920. The predicted molar refractivity (Wildman–Crippen MR) is 91.3 cm³/mol. The van der Waals surface area contributed by atoms with Crippen LogP contribution in [-0.4, -0.2) is 17.9 Å². The lowest BCUT2D eigenvalue weighted by atomic mass is 10.2. The molecule has 1 aromatic carbocycles. The highest BCUT2D eigenvalue weighted by atomic mass is 79.9. The minimum absolute atomic E-state index is 0.208. The average molecular weight is 464 g/mol. The number of halogens is 3. The van der Waals surface area contributed by atoms with Crippen LogP contribution in [0.3, 0.4) is 0 Å². The van der Waals surface area contributed by atoms with Crippen LogP contribution in [0.1, 0.15) is 10.4 Å². The summed E-state index contributed by atoms with van der Waals surface area (Å²) in [5.74, 6) is -0.208. The Bertz CT molecular complexity index is 638. The van der Waals surface area contributed by atoms with E-state index in [0.717, 1.165) is 13.4 Å². The van der Waals surface area contributed by atoms with Gasteiger partial charge < -0.3 is 10.6 Å². The minimum Gasteiger partial charge on any atom is -0.386 e. The number of nitrogens with one attached hydrogen (secondary N) is 2. The number of pyridine rings is 1. The number of hydrogen-bond donors (Lipinski definition) is 2. The molecule has 2 rings (SSSR count). The molecule has 0 unspecified atom stereocenters. The molecule has 1 heterocycles. The van der Waals surface area contributed by atoms with Crippen LogP contribution in [0.15, 0.2) is 44.0 Å². The van der Waals surface area contributed by atoms with Crippen LogP contribution in [0.4, 0.5) is 11.4 Å². The fraction of sp³-hybridized carbons (Fsp3) is 0.0769. The zero-order valence-electron chi connectivity index (χ0n) is 10.4. The van der Waals surface area contributed by atoms with Crippen LogP contribution in [0.5, 0.6) is 0 Å². The van der Waals surface area contributed by atoms with Gasteiger partial charge in [-0.05, 0) is 50.1 Å². The molecule has 0 aliphatic carbocycles. The third-order valence-electron chi connectivity index (χ3n) is 2.58. The molecule has 2 N–H and O–H groups in total. The first-order valence-corrected chi connectivity index (χ1v) is 7.98. The number of anilines is 2. The molecular weight excluding hydrogens is 454 g/mol. The summed E-state index contributed by atoms with van der Waals surface area (Å²) in [6.45, 7) is 0. The number of benzene rings is 1. The summed E-state index contributed by atoms with van der Waals surface area (Å²) in [5, 5.41) is 5.82. The van der Waals surface area contributed by atoms with Gasteiger partial charge >= 0.3 is 0 Å². The van der Waals surface area contributed by atoms with E-state index >= 15 is 0 Å². The van der Waals surface area contributed by atoms with E-state index in [-0.39, 0.29) is 5.91 Å². The van der Waals surface area contributed by atoms with Crippen molar-refractivity contribution in [3.05, 3.63) is 49.6 Å². The van der Waals surface area contributed by atoms with E-state index in [4.69, 9.17) is 0 Å². The van der Waals surface area contributed by atoms with Crippen LogP contribution in [0.25, 0.3) is 0 Å². The molecule has 0 aliphatic heterocycles. The van der Waals surface area contributed by atoms with E-state index in [1.54, 1.807) is 25.5 Å². The molecule has 0 saturated heterocycles. The quantitative estimate of drug-likeness (QED) is 0.696. The van der Waals surface area contributed by atoms with Gasteiger partial charge in [0.1, 0.15) is 0 Å². The van der Waals surface area contributed by atoms with E-state index in [2.05, 4.69) is 63.4 Å². The Kier molecular flexibility index (Phi) is 5.17. The molecule has 0 spiro atoms. The maximum Gasteiger partial charge on any atom is 0.257 e. The van der Waals surface area contributed by atoms with Crippen molar-refractivity contribution in [2.24, 2.45) is 0 Å². The normalized spacial score (nSPS) is 10.2. The van der Waals surface area contributed by atoms with Gasteiger partial charge in [-0.1, -0.05) is 15.9 Å². The first kappa shape index (κ1) is 15.5. The second-order valence-corrected chi connectivity index (χ2v) is 6.49. The van der Waals surface area contributed by atoms with E-state index in [1.807, 2.05) is 12.1 Å². The average Bonchev–Trinajstić information content (AvgIpc) is 2.42. The van der Waals surface area contributed by atoms with Gasteiger partial charge in [0.15, 0.2) is 0 Å². The molecule has 0 radical (unpaired) electrons. The summed E-state index contributed by atoms with van der Waals surface area (Å²) in [4.78, 5) is 16.3.